The van der Waals surface area contributed by atoms with E-state index in [9.17, 15) is 0 Å². The van der Waals surface area contributed by atoms with Crippen LogP contribution >= 0.6 is 0 Å². The van der Waals surface area contributed by atoms with Crippen LogP contribution in [0.2, 0.25) is 0 Å². The second-order valence-electron chi connectivity index (χ2n) is 4.38. The Morgan fingerprint density at radius 2 is 2.06 bits per heavy atom. The minimum Gasteiger partial charge on any atom is -0.443 e. The summed E-state index contributed by atoms with van der Waals surface area (Å²) in [4.78, 5) is 4.37. The number of hydrogen-bond donors (Lipinski definition) is 0. The van der Waals surface area contributed by atoms with E-state index in [0.717, 1.165) is 29.7 Å². The molecule has 17 heavy (non-hydrogen) atoms. The third kappa shape index (κ3) is 1.80. The predicted molar refractivity (Wildman–Crippen MR) is 70.1 cm³/mol. The highest BCUT2D eigenvalue weighted by atomic mass is 16.3. The van der Waals surface area contributed by atoms with Crippen molar-refractivity contribution in [3.63, 3.8) is 0 Å². The molecule has 0 amide bonds. The quantitative estimate of drug-likeness (QED) is 0.663. The number of nitrogens with zero attached hydrogens (tertiary/aromatic N) is 1. The van der Waals surface area contributed by atoms with E-state index in [0.29, 0.717) is 0 Å². The zero-order chi connectivity index (χ0) is 11.7. The van der Waals surface area contributed by atoms with Gasteiger partial charge in [-0.25, -0.2) is 4.98 Å². The third-order valence-corrected chi connectivity index (χ3v) is 3.11. The fraction of sp³-hybridized carbons (Fsp3) is 0.267. The first-order valence-electron chi connectivity index (χ1n) is 6.14. The van der Waals surface area contributed by atoms with Crippen molar-refractivity contribution >= 4 is 21.9 Å². The number of benzene rings is 1. The lowest BCUT2D eigenvalue weighted by molar-refractivity contribution is 0.528. The molecule has 0 saturated heterocycles. The number of hydrogen-bond acceptors (Lipinski definition) is 2. The lowest BCUT2D eigenvalue weighted by Gasteiger charge is -1.95. The molecule has 3 rings (SSSR count). The van der Waals surface area contributed by atoms with Crippen LogP contribution < -0.4 is 0 Å². The summed E-state index contributed by atoms with van der Waals surface area (Å²) >= 11 is 0. The predicted octanol–water partition coefficient (Wildman–Crippen LogP) is 4.32. The maximum absolute atomic E-state index is 5.77. The van der Waals surface area contributed by atoms with E-state index in [2.05, 4.69) is 36.2 Å². The first-order valence-corrected chi connectivity index (χ1v) is 6.14. The number of furan rings is 1. The number of pyridine rings is 1. The summed E-state index contributed by atoms with van der Waals surface area (Å²) in [6.45, 7) is 2.19. The van der Waals surface area contributed by atoms with Gasteiger partial charge in [0, 0.05) is 23.4 Å². The first kappa shape index (κ1) is 10.3. The molecule has 2 heterocycles. The van der Waals surface area contributed by atoms with Crippen molar-refractivity contribution in [1.29, 1.82) is 0 Å². The highest BCUT2D eigenvalue weighted by molar-refractivity contribution is 6.03. The van der Waals surface area contributed by atoms with Gasteiger partial charge in [-0.3, -0.25) is 0 Å². The van der Waals surface area contributed by atoms with Crippen LogP contribution in [-0.4, -0.2) is 4.98 Å². The zero-order valence-corrected chi connectivity index (χ0v) is 9.94. The molecule has 0 saturated carbocycles. The van der Waals surface area contributed by atoms with Crippen molar-refractivity contribution in [1.82, 2.24) is 4.98 Å². The number of rotatable bonds is 3. The van der Waals surface area contributed by atoms with Crippen LogP contribution in [0.15, 0.2) is 40.9 Å². The van der Waals surface area contributed by atoms with Crippen LogP contribution in [0.25, 0.3) is 21.9 Å². The summed E-state index contributed by atoms with van der Waals surface area (Å²) in [7, 11) is 0. The van der Waals surface area contributed by atoms with E-state index in [1.807, 2.05) is 12.3 Å². The van der Waals surface area contributed by atoms with E-state index < -0.39 is 0 Å². The average Bonchev–Trinajstić information content (AvgIpc) is 2.79. The van der Waals surface area contributed by atoms with Gasteiger partial charge >= 0.3 is 0 Å². The van der Waals surface area contributed by atoms with E-state index in [1.165, 1.54) is 17.2 Å². The molecule has 0 radical (unpaired) electrons. The molecule has 0 aliphatic carbocycles. The Morgan fingerprint density at radius 3 is 2.94 bits per heavy atom. The molecule has 0 bridgehead atoms. The van der Waals surface area contributed by atoms with Gasteiger partial charge in [0.05, 0.1) is 0 Å². The smallest absolute Gasteiger partial charge is 0.226 e. The minimum absolute atomic E-state index is 0.759. The van der Waals surface area contributed by atoms with Crippen LogP contribution in [0.4, 0.5) is 0 Å². The summed E-state index contributed by atoms with van der Waals surface area (Å²) in [5.74, 6) is 1.05. The van der Waals surface area contributed by atoms with Crippen LogP contribution in [0.3, 0.4) is 0 Å². The molecule has 0 fully saturated rings. The number of aryl methyl sites for hydroxylation is 1. The van der Waals surface area contributed by atoms with Crippen LogP contribution in [0, 0.1) is 0 Å². The molecular formula is C15H15NO. The highest BCUT2D eigenvalue weighted by Gasteiger charge is 2.07. The monoisotopic (exact) mass is 225 g/mol. The van der Waals surface area contributed by atoms with Gasteiger partial charge in [0.25, 0.3) is 0 Å². The van der Waals surface area contributed by atoms with Crippen LogP contribution in [0.1, 0.15) is 25.5 Å². The molecule has 2 nitrogen and oxygen atoms in total. The first-order chi connectivity index (χ1) is 8.38. The second kappa shape index (κ2) is 4.21. The van der Waals surface area contributed by atoms with Gasteiger partial charge in [-0.1, -0.05) is 37.6 Å². The van der Waals surface area contributed by atoms with E-state index >= 15 is 0 Å². The van der Waals surface area contributed by atoms with E-state index in [4.69, 9.17) is 4.42 Å². The summed E-state index contributed by atoms with van der Waals surface area (Å²) in [6.07, 6.45) is 5.23. The fourth-order valence-electron chi connectivity index (χ4n) is 2.18. The second-order valence-corrected chi connectivity index (χ2v) is 4.38. The highest BCUT2D eigenvalue weighted by Crippen LogP contribution is 2.26. The van der Waals surface area contributed by atoms with Gasteiger partial charge in [0.2, 0.25) is 5.71 Å². The molecule has 0 N–H and O–H groups in total. The van der Waals surface area contributed by atoms with Gasteiger partial charge in [-0.2, -0.15) is 0 Å². The third-order valence-electron chi connectivity index (χ3n) is 3.11. The molecular weight excluding hydrogens is 210 g/mol. The minimum atomic E-state index is 0.759. The van der Waals surface area contributed by atoms with Gasteiger partial charge < -0.3 is 4.42 Å². The molecule has 1 aromatic carbocycles. The van der Waals surface area contributed by atoms with Crippen molar-refractivity contribution in [2.45, 2.75) is 26.2 Å². The molecule has 2 aromatic heterocycles. The Bertz CT molecular complexity index is 654. The van der Waals surface area contributed by atoms with E-state index in [1.54, 1.807) is 0 Å². The molecule has 0 aliphatic heterocycles. The van der Waals surface area contributed by atoms with Crippen molar-refractivity contribution in [3.05, 3.63) is 42.3 Å². The Balaban J connectivity index is 2.17. The van der Waals surface area contributed by atoms with Gasteiger partial charge in [-0.15, -0.1) is 0 Å². The largest absolute Gasteiger partial charge is 0.443 e. The van der Waals surface area contributed by atoms with Crippen molar-refractivity contribution in [2.75, 3.05) is 0 Å². The van der Waals surface area contributed by atoms with Gasteiger partial charge in [0.1, 0.15) is 5.76 Å². The molecule has 0 unspecified atom stereocenters. The molecule has 0 atom stereocenters. The fourth-order valence-corrected chi connectivity index (χ4v) is 2.18. The van der Waals surface area contributed by atoms with Crippen LogP contribution in [-0.2, 0) is 6.42 Å². The maximum Gasteiger partial charge on any atom is 0.226 e. The van der Waals surface area contributed by atoms with Gasteiger partial charge in [-0.05, 0) is 17.9 Å². The molecule has 0 spiro atoms. The summed E-state index contributed by atoms with van der Waals surface area (Å²) < 4.78 is 5.77. The summed E-state index contributed by atoms with van der Waals surface area (Å²) in [5, 5.41) is 3.53. The molecule has 86 valence electrons. The number of unbranched alkanes of at least 4 members (excludes halogenated alkanes) is 1. The van der Waals surface area contributed by atoms with Crippen molar-refractivity contribution in [3.8, 4) is 0 Å². The Morgan fingerprint density at radius 1 is 1.18 bits per heavy atom. The van der Waals surface area contributed by atoms with Gasteiger partial charge in [0.15, 0.2) is 0 Å². The van der Waals surface area contributed by atoms with Crippen molar-refractivity contribution < 1.29 is 4.42 Å². The summed E-state index contributed by atoms with van der Waals surface area (Å²) in [5.41, 5.74) is 0.759. The Labute approximate surface area is 100 Å². The van der Waals surface area contributed by atoms with Crippen LogP contribution in [0.5, 0.6) is 0 Å². The molecule has 3 aromatic rings. The van der Waals surface area contributed by atoms with Crippen molar-refractivity contribution in [2.24, 2.45) is 0 Å². The number of aromatic nitrogens is 1. The standard InChI is InChI=1S/C15H15NO/c1-2-3-7-12-9-14-13-8-5-4-6-11(13)10-16-15(14)17-12/h4-6,8-10H,2-3,7H2,1H3. The molecule has 0 aliphatic rings. The maximum atomic E-state index is 5.77. The SMILES string of the molecule is CCCCc1cc2c(ncc3ccccc32)o1. The number of fused-ring (bicyclic) bond motifs is 3. The molecule has 2 heteroatoms. The zero-order valence-electron chi connectivity index (χ0n) is 9.94. The van der Waals surface area contributed by atoms with E-state index in [-0.39, 0.29) is 0 Å². The Hall–Kier alpha value is -1.83. The Kier molecular flexibility index (Phi) is 2.56. The topological polar surface area (TPSA) is 26.0 Å². The summed E-state index contributed by atoms with van der Waals surface area (Å²) in [6, 6.07) is 10.4. The lowest BCUT2D eigenvalue weighted by atomic mass is 10.1. The lowest BCUT2D eigenvalue weighted by Crippen LogP contribution is -1.78. The average molecular weight is 225 g/mol. The normalized spacial score (nSPS) is 11.4.